The van der Waals surface area contributed by atoms with E-state index in [1.165, 1.54) is 0 Å². The average Bonchev–Trinajstić information content (AvgIpc) is 2.93. The van der Waals surface area contributed by atoms with Crippen LogP contribution in [0.25, 0.3) is 16.9 Å². The largest absolute Gasteiger partial charge is 0.306 e. The number of nitrogens with one attached hydrogen (secondary N) is 1. The van der Waals surface area contributed by atoms with Gasteiger partial charge in [-0.1, -0.05) is 25.1 Å². The molecule has 3 aromatic rings. The van der Waals surface area contributed by atoms with Gasteiger partial charge in [-0.15, -0.1) is 0 Å². The maximum atomic E-state index is 12.0. The Morgan fingerprint density at radius 3 is 2.78 bits per heavy atom. The number of aryl methyl sites for hydroxylation is 1. The van der Waals surface area contributed by atoms with Crippen LogP contribution in [0.1, 0.15) is 18.9 Å². The molecule has 0 radical (unpaired) electrons. The Bertz CT molecular complexity index is 912. The highest BCUT2D eigenvalue weighted by Crippen LogP contribution is 2.26. The molecule has 0 bridgehead atoms. The van der Waals surface area contributed by atoms with Crippen LogP contribution in [0.3, 0.4) is 0 Å². The third kappa shape index (κ3) is 3.37. The maximum absolute atomic E-state index is 12.0. The molecule has 120 valence electrons. The molecule has 0 aliphatic heterocycles. The molecule has 0 amide bonds. The molecule has 23 heavy (non-hydrogen) atoms. The lowest BCUT2D eigenvalue weighted by molar-refractivity contribution is 0.600. The maximum Gasteiger partial charge on any atom is 0.232 e. The molecule has 6 heteroatoms. The molecular weight excluding hydrogens is 310 g/mol. The Hall–Kier alpha value is -2.34. The summed E-state index contributed by atoms with van der Waals surface area (Å²) in [5.41, 5.74) is 4.04. The van der Waals surface area contributed by atoms with Crippen LogP contribution in [-0.2, 0) is 10.0 Å². The second-order valence-corrected chi connectivity index (χ2v) is 7.38. The summed E-state index contributed by atoms with van der Waals surface area (Å²) in [5, 5.41) is 0. The van der Waals surface area contributed by atoms with Crippen LogP contribution in [0.4, 0.5) is 5.69 Å². The van der Waals surface area contributed by atoms with Gasteiger partial charge in [-0.05, 0) is 37.1 Å². The summed E-state index contributed by atoms with van der Waals surface area (Å²) >= 11 is 0. The monoisotopic (exact) mass is 329 g/mol. The highest BCUT2D eigenvalue weighted by Gasteiger charge is 2.12. The number of rotatable bonds is 5. The fourth-order valence-electron chi connectivity index (χ4n) is 2.45. The van der Waals surface area contributed by atoms with Crippen molar-refractivity contribution in [3.05, 3.63) is 54.4 Å². The van der Waals surface area contributed by atoms with Crippen molar-refractivity contribution in [2.75, 3.05) is 10.5 Å². The van der Waals surface area contributed by atoms with E-state index in [1.807, 2.05) is 67.0 Å². The predicted molar refractivity (Wildman–Crippen MR) is 93.1 cm³/mol. The van der Waals surface area contributed by atoms with E-state index in [2.05, 4.69) is 9.71 Å². The SMILES string of the molecule is CCCS(=O)(=O)Nc1cc(-c2cn3ccccc3n2)ccc1C. The first-order valence-electron chi connectivity index (χ1n) is 7.54. The summed E-state index contributed by atoms with van der Waals surface area (Å²) in [7, 11) is -3.31. The average molecular weight is 329 g/mol. The van der Waals surface area contributed by atoms with Crippen molar-refractivity contribution in [1.82, 2.24) is 9.38 Å². The van der Waals surface area contributed by atoms with Gasteiger partial charge < -0.3 is 4.40 Å². The zero-order valence-electron chi connectivity index (χ0n) is 13.2. The van der Waals surface area contributed by atoms with E-state index in [0.717, 1.165) is 22.5 Å². The smallest absolute Gasteiger partial charge is 0.232 e. The van der Waals surface area contributed by atoms with Gasteiger partial charge in [0.2, 0.25) is 10.0 Å². The van der Waals surface area contributed by atoms with Crippen molar-refractivity contribution < 1.29 is 8.42 Å². The number of nitrogens with zero attached hydrogens (tertiary/aromatic N) is 2. The summed E-state index contributed by atoms with van der Waals surface area (Å²) in [6, 6.07) is 11.5. The van der Waals surface area contributed by atoms with Gasteiger partial charge in [0.15, 0.2) is 0 Å². The highest BCUT2D eigenvalue weighted by molar-refractivity contribution is 7.92. The van der Waals surface area contributed by atoms with Crippen molar-refractivity contribution >= 4 is 21.4 Å². The van der Waals surface area contributed by atoms with Crippen LogP contribution >= 0.6 is 0 Å². The van der Waals surface area contributed by atoms with Gasteiger partial charge in [0, 0.05) is 18.0 Å². The number of sulfonamides is 1. The van der Waals surface area contributed by atoms with Crippen LogP contribution in [-0.4, -0.2) is 23.6 Å². The second kappa shape index (κ2) is 6.04. The lowest BCUT2D eigenvalue weighted by Crippen LogP contribution is -2.16. The Labute approximate surface area is 136 Å². The Morgan fingerprint density at radius 2 is 2.04 bits per heavy atom. The Morgan fingerprint density at radius 1 is 1.22 bits per heavy atom. The lowest BCUT2D eigenvalue weighted by atomic mass is 10.1. The minimum absolute atomic E-state index is 0.116. The van der Waals surface area contributed by atoms with Crippen LogP contribution in [0, 0.1) is 6.92 Å². The molecule has 0 saturated carbocycles. The van der Waals surface area contributed by atoms with E-state index < -0.39 is 10.0 Å². The normalized spacial score (nSPS) is 11.7. The first kappa shape index (κ1) is 15.6. The lowest BCUT2D eigenvalue weighted by Gasteiger charge is -2.11. The molecule has 0 saturated heterocycles. The third-order valence-electron chi connectivity index (χ3n) is 3.64. The van der Waals surface area contributed by atoms with Gasteiger partial charge in [0.25, 0.3) is 0 Å². The summed E-state index contributed by atoms with van der Waals surface area (Å²) in [6.45, 7) is 3.73. The van der Waals surface area contributed by atoms with Gasteiger partial charge in [-0.2, -0.15) is 0 Å². The standard InChI is InChI=1S/C17H19N3O2S/c1-3-10-23(21,22)19-15-11-14(8-7-13(15)2)16-12-20-9-5-4-6-17(20)18-16/h4-9,11-12,19H,3,10H2,1-2H3. The fraction of sp³-hybridized carbons (Fsp3) is 0.235. The molecular formula is C17H19N3O2S. The van der Waals surface area contributed by atoms with E-state index in [-0.39, 0.29) is 5.75 Å². The van der Waals surface area contributed by atoms with Crippen molar-refractivity contribution in [2.45, 2.75) is 20.3 Å². The molecule has 3 rings (SSSR count). The number of pyridine rings is 1. The van der Waals surface area contributed by atoms with E-state index >= 15 is 0 Å². The van der Waals surface area contributed by atoms with Crippen LogP contribution in [0.2, 0.25) is 0 Å². The summed E-state index contributed by atoms with van der Waals surface area (Å²) in [5.74, 6) is 0.116. The van der Waals surface area contributed by atoms with E-state index in [9.17, 15) is 8.42 Å². The number of benzene rings is 1. The minimum Gasteiger partial charge on any atom is -0.306 e. The molecule has 0 fully saturated rings. The Balaban J connectivity index is 1.99. The molecule has 0 spiro atoms. The minimum atomic E-state index is -3.31. The number of hydrogen-bond donors (Lipinski definition) is 1. The first-order valence-corrected chi connectivity index (χ1v) is 9.19. The van der Waals surface area contributed by atoms with Gasteiger partial charge in [0.1, 0.15) is 5.65 Å². The number of aromatic nitrogens is 2. The quantitative estimate of drug-likeness (QED) is 0.779. The fourth-order valence-corrected chi connectivity index (χ4v) is 3.65. The van der Waals surface area contributed by atoms with E-state index in [1.54, 1.807) is 0 Å². The zero-order valence-corrected chi connectivity index (χ0v) is 14.0. The topological polar surface area (TPSA) is 63.5 Å². The van der Waals surface area contributed by atoms with Gasteiger partial charge in [-0.3, -0.25) is 4.72 Å². The van der Waals surface area contributed by atoms with Gasteiger partial charge in [0.05, 0.1) is 17.1 Å². The molecule has 2 aromatic heterocycles. The molecule has 1 aromatic carbocycles. The molecule has 5 nitrogen and oxygen atoms in total. The molecule has 0 unspecified atom stereocenters. The summed E-state index contributed by atoms with van der Waals surface area (Å²) < 4.78 is 28.6. The Kier molecular flexibility index (Phi) is 4.09. The van der Waals surface area contributed by atoms with Crippen LogP contribution < -0.4 is 4.72 Å². The van der Waals surface area contributed by atoms with Crippen molar-refractivity contribution in [2.24, 2.45) is 0 Å². The first-order chi connectivity index (χ1) is 11.0. The van der Waals surface area contributed by atoms with Gasteiger partial charge >= 0.3 is 0 Å². The third-order valence-corrected chi connectivity index (χ3v) is 5.11. The van der Waals surface area contributed by atoms with Crippen LogP contribution in [0.15, 0.2) is 48.8 Å². The predicted octanol–water partition coefficient (Wildman–Crippen LogP) is 3.46. The molecule has 0 atom stereocenters. The molecule has 0 aliphatic carbocycles. The number of fused-ring (bicyclic) bond motifs is 1. The van der Waals surface area contributed by atoms with E-state index in [0.29, 0.717) is 12.1 Å². The molecule has 1 N–H and O–H groups in total. The number of imidazole rings is 1. The van der Waals surface area contributed by atoms with Crippen molar-refractivity contribution in [3.63, 3.8) is 0 Å². The summed E-state index contributed by atoms with van der Waals surface area (Å²) in [4.78, 5) is 4.57. The number of anilines is 1. The zero-order chi connectivity index (χ0) is 16.4. The number of hydrogen-bond acceptors (Lipinski definition) is 3. The molecule has 2 heterocycles. The van der Waals surface area contributed by atoms with E-state index in [4.69, 9.17) is 0 Å². The highest BCUT2D eigenvalue weighted by atomic mass is 32.2. The summed E-state index contributed by atoms with van der Waals surface area (Å²) in [6.07, 6.45) is 4.45. The molecule has 0 aliphatic rings. The van der Waals surface area contributed by atoms with Gasteiger partial charge in [-0.25, -0.2) is 13.4 Å². The van der Waals surface area contributed by atoms with Crippen LogP contribution in [0.5, 0.6) is 0 Å². The van der Waals surface area contributed by atoms with Crippen molar-refractivity contribution in [1.29, 1.82) is 0 Å². The van der Waals surface area contributed by atoms with Crippen molar-refractivity contribution in [3.8, 4) is 11.3 Å². The second-order valence-electron chi connectivity index (χ2n) is 5.54.